The van der Waals surface area contributed by atoms with Gasteiger partial charge in [0.05, 0.1) is 10.0 Å². The molecule has 0 saturated carbocycles. The van der Waals surface area contributed by atoms with Crippen molar-refractivity contribution >= 4 is 39.3 Å². The summed E-state index contributed by atoms with van der Waals surface area (Å²) in [7, 11) is 0. The zero-order valence-corrected chi connectivity index (χ0v) is 11.5. The molecule has 1 nitrogen and oxygen atoms in total. The fourth-order valence-corrected chi connectivity index (χ4v) is 2.36. The number of rotatable bonds is 3. The van der Waals surface area contributed by atoms with E-state index < -0.39 is 0 Å². The molecule has 1 heterocycles. The maximum atomic E-state index is 5.77. The molecule has 0 aliphatic rings. The lowest BCUT2D eigenvalue weighted by atomic mass is 10.2. The van der Waals surface area contributed by atoms with E-state index >= 15 is 0 Å². The zero-order valence-electron chi connectivity index (χ0n) is 8.36. The quantitative estimate of drug-likeness (QED) is 0.756. The van der Waals surface area contributed by atoms with Crippen molar-refractivity contribution in [2.24, 2.45) is 0 Å². The van der Waals surface area contributed by atoms with Gasteiger partial charge in [0.25, 0.3) is 0 Å². The second kappa shape index (κ2) is 5.71. The van der Waals surface area contributed by atoms with Crippen LogP contribution in [0.15, 0.2) is 52.1 Å². The van der Waals surface area contributed by atoms with E-state index in [1.807, 2.05) is 24.3 Å². The van der Waals surface area contributed by atoms with E-state index in [9.17, 15) is 0 Å². The van der Waals surface area contributed by atoms with Crippen molar-refractivity contribution in [2.75, 3.05) is 0 Å². The Balaban J connectivity index is 1.97. The number of aromatic nitrogens is 1. The lowest BCUT2D eigenvalue weighted by Gasteiger charge is -2.01. The molecule has 0 aliphatic heterocycles. The van der Waals surface area contributed by atoms with E-state index in [1.54, 1.807) is 18.0 Å². The van der Waals surface area contributed by atoms with Gasteiger partial charge in [-0.2, -0.15) is 0 Å². The van der Waals surface area contributed by atoms with Gasteiger partial charge < -0.3 is 0 Å². The van der Waals surface area contributed by atoms with Crippen LogP contribution >= 0.6 is 39.3 Å². The smallest absolute Gasteiger partial charge is 0.0964 e. The van der Waals surface area contributed by atoms with Crippen LogP contribution in [0, 0.1) is 0 Å². The van der Waals surface area contributed by atoms with Crippen LogP contribution in [0.5, 0.6) is 0 Å². The zero-order chi connectivity index (χ0) is 11.4. The van der Waals surface area contributed by atoms with E-state index in [0.717, 1.165) is 15.3 Å². The molecule has 0 spiro atoms. The van der Waals surface area contributed by atoms with E-state index in [1.165, 1.54) is 5.56 Å². The lowest BCUT2D eigenvalue weighted by molar-refractivity contribution is 1.13. The number of hydrogen-bond donors (Lipinski definition) is 0. The molecule has 0 aliphatic carbocycles. The molecule has 82 valence electrons. The van der Waals surface area contributed by atoms with Gasteiger partial charge in [-0.15, -0.1) is 11.8 Å². The molecule has 0 unspecified atom stereocenters. The molecule has 2 rings (SSSR count). The Morgan fingerprint density at radius 1 is 1.12 bits per heavy atom. The molecule has 0 amide bonds. The fourth-order valence-electron chi connectivity index (χ4n) is 1.19. The minimum absolute atomic E-state index is 0.674. The normalized spacial score (nSPS) is 10.4. The summed E-state index contributed by atoms with van der Waals surface area (Å²) in [5.74, 6) is 0.919. The molecular formula is C12H9BrClNS. The molecule has 16 heavy (non-hydrogen) atoms. The third-order valence-corrected chi connectivity index (χ3v) is 3.77. The highest BCUT2D eigenvalue weighted by Gasteiger charge is 1.97. The van der Waals surface area contributed by atoms with Gasteiger partial charge in [-0.1, -0.05) is 39.7 Å². The van der Waals surface area contributed by atoms with Crippen LogP contribution in [-0.2, 0) is 5.75 Å². The topological polar surface area (TPSA) is 12.9 Å². The van der Waals surface area contributed by atoms with Crippen LogP contribution < -0.4 is 0 Å². The minimum atomic E-state index is 0.674. The largest absolute Gasteiger partial charge is 0.248 e. The standard InChI is InChI=1S/C12H9BrClNS/c13-10-3-1-9(2-4-10)8-16-12-6-5-11(14)7-15-12/h1-7H,8H2. The average Bonchev–Trinajstić information content (AvgIpc) is 2.30. The van der Waals surface area contributed by atoms with Crippen LogP contribution in [0.25, 0.3) is 0 Å². The first-order valence-electron chi connectivity index (χ1n) is 4.73. The predicted molar refractivity (Wildman–Crippen MR) is 73.0 cm³/mol. The number of nitrogens with zero attached hydrogens (tertiary/aromatic N) is 1. The highest BCUT2D eigenvalue weighted by Crippen LogP contribution is 2.22. The number of benzene rings is 1. The summed E-state index contributed by atoms with van der Waals surface area (Å²) in [6.07, 6.45) is 1.67. The molecule has 0 fully saturated rings. The summed E-state index contributed by atoms with van der Waals surface area (Å²) in [4.78, 5) is 4.23. The summed E-state index contributed by atoms with van der Waals surface area (Å²) in [5, 5.41) is 1.67. The number of hydrogen-bond acceptors (Lipinski definition) is 2. The van der Waals surface area contributed by atoms with Crippen LogP contribution in [0.3, 0.4) is 0 Å². The van der Waals surface area contributed by atoms with Gasteiger partial charge in [0.15, 0.2) is 0 Å². The van der Waals surface area contributed by atoms with Crippen LogP contribution in [0.1, 0.15) is 5.56 Å². The van der Waals surface area contributed by atoms with Crippen LogP contribution in [0.2, 0.25) is 5.02 Å². The second-order valence-corrected chi connectivity index (χ2v) is 5.58. The molecule has 2 aromatic rings. The maximum absolute atomic E-state index is 5.77. The Labute approximate surface area is 112 Å². The molecule has 0 saturated heterocycles. The summed E-state index contributed by atoms with van der Waals surface area (Å²) >= 11 is 10.9. The molecule has 0 bridgehead atoms. The van der Waals surface area contributed by atoms with Crippen molar-refractivity contribution in [1.82, 2.24) is 4.98 Å². The summed E-state index contributed by atoms with van der Waals surface area (Å²) in [6.45, 7) is 0. The monoisotopic (exact) mass is 313 g/mol. The van der Waals surface area contributed by atoms with E-state index in [4.69, 9.17) is 11.6 Å². The summed E-state index contributed by atoms with van der Waals surface area (Å²) in [6, 6.07) is 12.1. The van der Waals surface area contributed by atoms with Crippen LogP contribution in [-0.4, -0.2) is 4.98 Å². The SMILES string of the molecule is Clc1ccc(SCc2ccc(Br)cc2)nc1. The Morgan fingerprint density at radius 3 is 2.50 bits per heavy atom. The van der Waals surface area contributed by atoms with Crippen LogP contribution in [0.4, 0.5) is 0 Å². The van der Waals surface area contributed by atoms with Crippen molar-refractivity contribution in [3.05, 3.63) is 57.7 Å². The van der Waals surface area contributed by atoms with E-state index in [-0.39, 0.29) is 0 Å². The molecular weight excluding hydrogens is 306 g/mol. The first-order valence-corrected chi connectivity index (χ1v) is 6.88. The van der Waals surface area contributed by atoms with Crippen molar-refractivity contribution in [1.29, 1.82) is 0 Å². The van der Waals surface area contributed by atoms with Crippen molar-refractivity contribution in [3.63, 3.8) is 0 Å². The average molecular weight is 315 g/mol. The number of halogens is 2. The van der Waals surface area contributed by atoms with Gasteiger partial charge in [0.2, 0.25) is 0 Å². The van der Waals surface area contributed by atoms with Crippen molar-refractivity contribution < 1.29 is 0 Å². The highest BCUT2D eigenvalue weighted by molar-refractivity contribution is 9.10. The molecule has 0 radical (unpaired) electrons. The van der Waals surface area contributed by atoms with Gasteiger partial charge in [0.1, 0.15) is 0 Å². The van der Waals surface area contributed by atoms with Crippen molar-refractivity contribution in [2.45, 2.75) is 10.8 Å². The molecule has 1 aromatic heterocycles. The second-order valence-electron chi connectivity index (χ2n) is 3.23. The molecule has 1 aromatic carbocycles. The molecule has 4 heteroatoms. The Bertz CT molecular complexity index is 410. The van der Waals surface area contributed by atoms with E-state index in [2.05, 4.69) is 33.0 Å². The number of pyridine rings is 1. The Hall–Kier alpha value is -0.510. The van der Waals surface area contributed by atoms with Crippen molar-refractivity contribution in [3.8, 4) is 0 Å². The molecule has 0 atom stereocenters. The lowest BCUT2D eigenvalue weighted by Crippen LogP contribution is -1.82. The fraction of sp³-hybridized carbons (Fsp3) is 0.0833. The van der Waals surface area contributed by atoms with Gasteiger partial charge in [-0.05, 0) is 29.8 Å². The first-order chi connectivity index (χ1) is 7.74. The minimum Gasteiger partial charge on any atom is -0.248 e. The van der Waals surface area contributed by atoms with E-state index in [0.29, 0.717) is 5.02 Å². The third-order valence-electron chi connectivity index (χ3n) is 2.00. The Kier molecular flexibility index (Phi) is 4.27. The van der Waals surface area contributed by atoms with Gasteiger partial charge in [0, 0.05) is 16.4 Å². The van der Waals surface area contributed by atoms with Gasteiger partial charge >= 0.3 is 0 Å². The maximum Gasteiger partial charge on any atom is 0.0964 e. The predicted octanol–water partition coefficient (Wildman–Crippen LogP) is 4.79. The summed E-state index contributed by atoms with van der Waals surface area (Å²) in [5.41, 5.74) is 1.28. The Morgan fingerprint density at radius 2 is 1.88 bits per heavy atom. The molecule has 0 N–H and O–H groups in total. The van der Waals surface area contributed by atoms with Gasteiger partial charge in [-0.3, -0.25) is 0 Å². The summed E-state index contributed by atoms with van der Waals surface area (Å²) < 4.78 is 1.10. The highest BCUT2D eigenvalue weighted by atomic mass is 79.9. The number of thioether (sulfide) groups is 1. The first kappa shape index (κ1) is 12.0. The van der Waals surface area contributed by atoms with Gasteiger partial charge in [-0.25, -0.2) is 4.98 Å². The third kappa shape index (κ3) is 3.51.